The van der Waals surface area contributed by atoms with Gasteiger partial charge in [-0.3, -0.25) is 13.8 Å². The molecule has 0 aliphatic rings. The third-order valence-electron chi connectivity index (χ3n) is 13.5. The zero-order chi connectivity index (χ0) is 51.3. The number of amides is 1. The maximum atomic E-state index is 13.0. The first-order valence-corrected chi connectivity index (χ1v) is 31.5. The van der Waals surface area contributed by atoms with Gasteiger partial charge in [-0.2, -0.15) is 0 Å². The summed E-state index contributed by atoms with van der Waals surface area (Å²) in [7, 11) is 1.55. The van der Waals surface area contributed by atoms with Gasteiger partial charge >= 0.3 is 7.82 Å². The molecule has 0 bridgehead atoms. The third kappa shape index (κ3) is 54.2. The number of likely N-dealkylation sites (N-methyl/N-ethyl adjacent to an activating group) is 1. The fourth-order valence-electron chi connectivity index (χ4n) is 8.80. The first kappa shape index (κ1) is 68.5. The van der Waals surface area contributed by atoms with Crippen LogP contribution in [0.3, 0.4) is 0 Å². The monoisotopic (exact) mass is 1010 g/mol. The predicted molar refractivity (Wildman–Crippen MR) is 304 cm³/mol. The van der Waals surface area contributed by atoms with Gasteiger partial charge in [-0.1, -0.05) is 262 Å². The fourth-order valence-corrected chi connectivity index (χ4v) is 9.53. The van der Waals surface area contributed by atoms with E-state index in [0.717, 1.165) is 51.4 Å². The second-order valence-corrected chi connectivity index (χ2v) is 23.2. The molecule has 0 aromatic carbocycles. The van der Waals surface area contributed by atoms with E-state index in [9.17, 15) is 19.4 Å². The smallest absolute Gasteiger partial charge is 0.387 e. The minimum Gasteiger partial charge on any atom is -0.387 e. The molecular weight excluding hydrogens is 888 g/mol. The number of unbranched alkanes of at least 4 members (excludes halogenated alkanes) is 36. The van der Waals surface area contributed by atoms with Gasteiger partial charge in [0.05, 0.1) is 39.9 Å². The molecule has 0 spiro atoms. The lowest BCUT2D eigenvalue weighted by Gasteiger charge is -2.25. The average molecular weight is 1010 g/mol. The second kappa shape index (κ2) is 52.3. The van der Waals surface area contributed by atoms with Crippen molar-refractivity contribution in [1.82, 2.24) is 5.32 Å². The molecule has 0 aliphatic heterocycles. The minimum atomic E-state index is -4.36. The van der Waals surface area contributed by atoms with Crippen LogP contribution in [0.15, 0.2) is 48.6 Å². The van der Waals surface area contributed by atoms with Gasteiger partial charge in [-0.25, -0.2) is 4.57 Å². The lowest BCUT2D eigenvalue weighted by molar-refractivity contribution is -0.870. The molecule has 8 nitrogen and oxygen atoms in total. The molecule has 0 radical (unpaired) electrons. The zero-order valence-corrected chi connectivity index (χ0v) is 47.9. The molecule has 0 aromatic heterocycles. The van der Waals surface area contributed by atoms with Crippen LogP contribution in [0.2, 0.25) is 0 Å². The summed E-state index contributed by atoms with van der Waals surface area (Å²) < 4.78 is 23.7. The maximum Gasteiger partial charge on any atom is 0.472 e. The molecule has 3 unspecified atom stereocenters. The molecule has 1 amide bonds. The van der Waals surface area contributed by atoms with Crippen LogP contribution in [0, 0.1) is 0 Å². The van der Waals surface area contributed by atoms with Crippen LogP contribution in [-0.2, 0) is 18.4 Å². The molecule has 0 aliphatic carbocycles. The highest BCUT2D eigenvalue weighted by Crippen LogP contribution is 2.43. The summed E-state index contributed by atoms with van der Waals surface area (Å²) in [6.45, 7) is 4.80. The van der Waals surface area contributed by atoms with Crippen molar-refractivity contribution in [3.8, 4) is 0 Å². The normalized spacial score (nSPS) is 14.2. The lowest BCUT2D eigenvalue weighted by atomic mass is 10.0. The first-order chi connectivity index (χ1) is 34.0. The molecule has 412 valence electrons. The number of phosphoric ester groups is 1. The van der Waals surface area contributed by atoms with Gasteiger partial charge in [0.2, 0.25) is 5.91 Å². The molecule has 0 aromatic rings. The summed E-state index contributed by atoms with van der Waals surface area (Å²) in [6, 6.07) is -0.869. The Kier molecular flexibility index (Phi) is 51.2. The van der Waals surface area contributed by atoms with Gasteiger partial charge in [0.1, 0.15) is 13.2 Å². The quantitative estimate of drug-likeness (QED) is 0.0243. The zero-order valence-electron chi connectivity index (χ0n) is 47.0. The van der Waals surface area contributed by atoms with Crippen molar-refractivity contribution in [2.24, 2.45) is 0 Å². The number of nitrogens with one attached hydrogen (secondary N) is 1. The molecular formula is C61H118N2O6P+. The van der Waals surface area contributed by atoms with Crippen LogP contribution < -0.4 is 5.32 Å². The van der Waals surface area contributed by atoms with E-state index in [1.807, 2.05) is 27.2 Å². The molecule has 0 rings (SSSR count). The number of rotatable bonds is 55. The molecule has 9 heteroatoms. The highest BCUT2D eigenvalue weighted by atomic mass is 31.2. The Bertz CT molecular complexity index is 1280. The van der Waals surface area contributed by atoms with Crippen LogP contribution in [0.5, 0.6) is 0 Å². The van der Waals surface area contributed by atoms with Gasteiger partial charge in [0.25, 0.3) is 0 Å². The Morgan fingerprint density at radius 2 is 0.829 bits per heavy atom. The van der Waals surface area contributed by atoms with Crippen molar-refractivity contribution in [2.45, 2.75) is 296 Å². The number of hydrogen-bond acceptors (Lipinski definition) is 5. The van der Waals surface area contributed by atoms with Crippen LogP contribution in [0.25, 0.3) is 0 Å². The predicted octanol–water partition coefficient (Wildman–Crippen LogP) is 18.3. The van der Waals surface area contributed by atoms with E-state index >= 15 is 0 Å². The van der Waals surface area contributed by atoms with Crippen LogP contribution in [0.1, 0.15) is 284 Å². The third-order valence-corrected chi connectivity index (χ3v) is 14.5. The number of phosphoric acid groups is 1. The Morgan fingerprint density at radius 1 is 0.486 bits per heavy atom. The van der Waals surface area contributed by atoms with Gasteiger partial charge in [0, 0.05) is 6.42 Å². The molecule has 0 saturated heterocycles. The van der Waals surface area contributed by atoms with Crippen LogP contribution >= 0.6 is 7.82 Å². The Balaban J connectivity index is 4.18. The molecule has 0 fully saturated rings. The summed E-state index contributed by atoms with van der Waals surface area (Å²) in [5.41, 5.74) is 0. The number of aliphatic hydroxyl groups excluding tert-OH is 1. The van der Waals surface area contributed by atoms with Crippen molar-refractivity contribution in [2.75, 3.05) is 40.9 Å². The molecule has 70 heavy (non-hydrogen) atoms. The number of allylic oxidation sites excluding steroid dienone is 7. The number of carbonyl (C=O) groups excluding carboxylic acids is 1. The van der Waals surface area contributed by atoms with E-state index in [0.29, 0.717) is 17.4 Å². The summed E-state index contributed by atoms with van der Waals surface area (Å²) in [6.07, 6.45) is 69.5. The summed E-state index contributed by atoms with van der Waals surface area (Å²) in [5.74, 6) is -0.193. The van der Waals surface area contributed by atoms with E-state index < -0.39 is 20.0 Å². The van der Waals surface area contributed by atoms with E-state index in [4.69, 9.17) is 9.05 Å². The van der Waals surface area contributed by atoms with E-state index in [1.165, 1.54) is 212 Å². The van der Waals surface area contributed by atoms with Crippen LogP contribution in [-0.4, -0.2) is 73.4 Å². The Hall–Kier alpha value is -1.54. The standard InChI is InChI=1S/C61H117N2O6P/c1-6-8-10-12-14-16-18-20-22-24-26-27-28-29-30-31-32-33-34-35-36-37-38-40-42-44-46-48-50-52-54-60(64)59(58-69-70(66,67)68-57-56-63(3,4)5)62-61(65)55-53-51-49-47-45-43-41-39-25-23-21-19-17-15-13-11-9-7-2/h17,19,23,25,44,46,52,54,59-60,64H,6-16,18,20-22,24,26-43,45,47-51,53,55-58H2,1-5H3,(H-,62,65,66,67)/p+1/b19-17-,25-23-,46-44+,54-52+. The van der Waals surface area contributed by atoms with Gasteiger partial charge < -0.3 is 19.8 Å². The fraction of sp³-hybridized carbons (Fsp3) is 0.852. The average Bonchev–Trinajstić information content (AvgIpc) is 3.32. The van der Waals surface area contributed by atoms with E-state index in [-0.39, 0.29) is 19.1 Å². The lowest BCUT2D eigenvalue weighted by Crippen LogP contribution is -2.45. The van der Waals surface area contributed by atoms with Crippen LogP contribution in [0.4, 0.5) is 0 Å². The summed E-state index contributed by atoms with van der Waals surface area (Å²) in [4.78, 5) is 23.3. The number of quaternary nitrogens is 1. The molecule has 3 N–H and O–H groups in total. The first-order valence-electron chi connectivity index (χ1n) is 30.0. The van der Waals surface area contributed by atoms with Gasteiger partial charge in [-0.15, -0.1) is 0 Å². The van der Waals surface area contributed by atoms with Crippen molar-refractivity contribution >= 4 is 13.7 Å². The number of nitrogens with zero attached hydrogens (tertiary/aromatic N) is 1. The summed E-state index contributed by atoms with van der Waals surface area (Å²) >= 11 is 0. The van der Waals surface area contributed by atoms with Gasteiger partial charge in [-0.05, 0) is 64.2 Å². The SMILES string of the molecule is CCCCCC/C=C\C/C=C\CCCCCCCCCC(=O)NC(COP(=O)(O)OCC[N+](C)(C)C)C(O)/C=C/CC/C=C/CCCCCCCCCCCCCCCCCCCCCCCCCC. The highest BCUT2D eigenvalue weighted by molar-refractivity contribution is 7.47. The molecule has 0 saturated carbocycles. The number of carbonyl (C=O) groups is 1. The minimum absolute atomic E-state index is 0.0537. The van der Waals surface area contributed by atoms with Crippen molar-refractivity contribution in [1.29, 1.82) is 0 Å². The Morgan fingerprint density at radius 3 is 1.24 bits per heavy atom. The van der Waals surface area contributed by atoms with Crippen molar-refractivity contribution < 1.29 is 32.9 Å². The molecule has 0 heterocycles. The highest BCUT2D eigenvalue weighted by Gasteiger charge is 2.27. The Labute approximate surface area is 435 Å². The summed E-state index contributed by atoms with van der Waals surface area (Å²) in [5, 5.41) is 13.9. The topological polar surface area (TPSA) is 105 Å². The molecule has 3 atom stereocenters. The second-order valence-electron chi connectivity index (χ2n) is 21.7. The largest absolute Gasteiger partial charge is 0.472 e. The number of hydrogen-bond donors (Lipinski definition) is 3. The van der Waals surface area contributed by atoms with E-state index in [1.54, 1.807) is 6.08 Å². The maximum absolute atomic E-state index is 13.0. The number of aliphatic hydroxyl groups is 1. The van der Waals surface area contributed by atoms with Gasteiger partial charge in [0.15, 0.2) is 0 Å². The van der Waals surface area contributed by atoms with Crippen molar-refractivity contribution in [3.63, 3.8) is 0 Å². The van der Waals surface area contributed by atoms with E-state index in [2.05, 4.69) is 55.6 Å². The van der Waals surface area contributed by atoms with Crippen molar-refractivity contribution in [3.05, 3.63) is 48.6 Å².